The molecular weight excluding hydrogens is 375 g/mol. The van der Waals surface area contributed by atoms with Crippen molar-refractivity contribution in [3.8, 4) is 5.75 Å². The summed E-state index contributed by atoms with van der Waals surface area (Å²) < 4.78 is 20.6. The fourth-order valence-corrected chi connectivity index (χ4v) is 3.54. The third-order valence-electron chi connectivity index (χ3n) is 4.91. The highest BCUT2D eigenvalue weighted by Crippen LogP contribution is 2.38. The van der Waals surface area contributed by atoms with Gasteiger partial charge in [0.25, 0.3) is 5.56 Å². The molecule has 29 heavy (non-hydrogen) atoms. The Labute approximate surface area is 167 Å². The van der Waals surface area contributed by atoms with Crippen LogP contribution in [0.4, 0.5) is 4.39 Å². The Morgan fingerprint density at radius 3 is 2.03 bits per heavy atom. The van der Waals surface area contributed by atoms with Gasteiger partial charge in [0.1, 0.15) is 12.5 Å². The van der Waals surface area contributed by atoms with Crippen molar-refractivity contribution >= 4 is 5.97 Å². The molecule has 0 bridgehead atoms. The minimum absolute atomic E-state index is 0.0495. The van der Waals surface area contributed by atoms with Gasteiger partial charge in [-0.2, -0.15) is 0 Å². The van der Waals surface area contributed by atoms with E-state index in [9.17, 15) is 19.1 Å². The van der Waals surface area contributed by atoms with E-state index in [1.54, 1.807) is 0 Å². The summed E-state index contributed by atoms with van der Waals surface area (Å²) in [6.45, 7) is -0.833. The molecule has 1 atom stereocenters. The molecule has 0 saturated heterocycles. The van der Waals surface area contributed by atoms with Gasteiger partial charge in [-0.25, -0.2) is 9.78 Å². The van der Waals surface area contributed by atoms with Crippen LogP contribution >= 0.6 is 0 Å². The van der Waals surface area contributed by atoms with Gasteiger partial charge in [0, 0.05) is 13.0 Å². The van der Waals surface area contributed by atoms with Crippen molar-refractivity contribution in [2.24, 2.45) is 7.05 Å². The summed E-state index contributed by atoms with van der Waals surface area (Å²) in [5.41, 5.74) is 0.476. The molecule has 0 fully saturated rings. The highest BCUT2D eigenvalue weighted by molar-refractivity contribution is 5.88. The molecule has 0 amide bonds. The lowest BCUT2D eigenvalue weighted by Crippen LogP contribution is -2.31. The minimum Gasteiger partial charge on any atom is -0.489 e. The second kappa shape index (κ2) is 8.68. The number of rotatable bonds is 7. The van der Waals surface area contributed by atoms with E-state index in [1.165, 1.54) is 14.2 Å². The maximum absolute atomic E-state index is 14.5. The Balaban J connectivity index is 2.26. The third kappa shape index (κ3) is 3.89. The van der Waals surface area contributed by atoms with Crippen LogP contribution in [0.1, 0.15) is 39.3 Å². The van der Waals surface area contributed by atoms with E-state index in [4.69, 9.17) is 4.74 Å². The Kier molecular flexibility index (Phi) is 6.07. The number of aromatic carboxylic acids is 1. The van der Waals surface area contributed by atoms with Crippen molar-refractivity contribution in [1.29, 1.82) is 0 Å². The van der Waals surface area contributed by atoms with Gasteiger partial charge in [-0.1, -0.05) is 60.7 Å². The maximum atomic E-state index is 14.5. The predicted molar refractivity (Wildman–Crippen MR) is 106 cm³/mol. The molecule has 2 aromatic carbocycles. The summed E-state index contributed by atoms with van der Waals surface area (Å²) in [4.78, 5) is 28.5. The van der Waals surface area contributed by atoms with Crippen molar-refractivity contribution < 1.29 is 19.0 Å². The first-order valence-corrected chi connectivity index (χ1v) is 9.03. The Morgan fingerprint density at radius 2 is 1.62 bits per heavy atom. The summed E-state index contributed by atoms with van der Waals surface area (Å²) in [6, 6.07) is 18.6. The number of ether oxygens (including phenoxy) is 1. The van der Waals surface area contributed by atoms with E-state index < -0.39 is 35.7 Å². The normalized spacial score (nSPS) is 12.0. The fraction of sp³-hybridized carbons (Fsp3) is 0.227. The van der Waals surface area contributed by atoms with Crippen LogP contribution in [0.5, 0.6) is 5.75 Å². The topological polar surface area (TPSA) is 81.4 Å². The van der Waals surface area contributed by atoms with E-state index in [0.29, 0.717) is 0 Å². The van der Waals surface area contributed by atoms with Gasteiger partial charge < -0.3 is 9.84 Å². The monoisotopic (exact) mass is 396 g/mol. The molecule has 6 nitrogen and oxygen atoms in total. The van der Waals surface area contributed by atoms with Gasteiger partial charge in [-0.15, -0.1) is 0 Å². The van der Waals surface area contributed by atoms with Gasteiger partial charge in [0.15, 0.2) is 5.69 Å². The number of carboxylic acids is 1. The number of alkyl halides is 1. The van der Waals surface area contributed by atoms with Gasteiger partial charge in [-0.3, -0.25) is 13.8 Å². The molecule has 0 radical (unpaired) electrons. The highest BCUT2D eigenvalue weighted by atomic mass is 19.1. The Morgan fingerprint density at radius 1 is 1.10 bits per heavy atom. The molecule has 3 aromatic rings. The van der Waals surface area contributed by atoms with E-state index in [-0.39, 0.29) is 11.6 Å². The highest BCUT2D eigenvalue weighted by Gasteiger charge is 2.32. The zero-order valence-electron chi connectivity index (χ0n) is 16.1. The molecular formula is C22H21FN2O4. The van der Waals surface area contributed by atoms with Gasteiger partial charge in [0.2, 0.25) is 5.75 Å². The number of hydrogen-bond acceptors (Lipinski definition) is 4. The standard InChI is InChI=1S/C22H21FN2O4/c1-25-20(24-18(22(27)28)19(29-2)21(25)26)16(13-23)17(14-9-5-3-6-10-14)15-11-7-4-8-12-15/h3-12,16-17H,13H2,1-2H3,(H,27,28). The van der Waals surface area contributed by atoms with Crippen molar-refractivity contribution in [3.63, 3.8) is 0 Å². The third-order valence-corrected chi connectivity index (χ3v) is 4.91. The van der Waals surface area contributed by atoms with Crippen LogP contribution in [0.3, 0.4) is 0 Å². The van der Waals surface area contributed by atoms with Gasteiger partial charge in [0.05, 0.1) is 13.0 Å². The van der Waals surface area contributed by atoms with Gasteiger partial charge in [-0.05, 0) is 11.1 Å². The summed E-state index contributed by atoms with van der Waals surface area (Å²) >= 11 is 0. The molecule has 0 aliphatic carbocycles. The van der Waals surface area contributed by atoms with E-state index in [0.717, 1.165) is 15.7 Å². The number of halogens is 1. The molecule has 7 heteroatoms. The molecule has 0 aliphatic heterocycles. The second-order valence-corrected chi connectivity index (χ2v) is 6.58. The summed E-state index contributed by atoms with van der Waals surface area (Å²) in [5.74, 6) is -3.07. The van der Waals surface area contributed by atoms with E-state index in [1.807, 2.05) is 60.7 Å². The Hall–Kier alpha value is -3.48. The van der Waals surface area contributed by atoms with Crippen molar-refractivity contribution in [3.05, 3.63) is 93.7 Å². The molecule has 0 spiro atoms. The molecule has 0 saturated carbocycles. The molecule has 0 aliphatic rings. The lowest BCUT2D eigenvalue weighted by atomic mass is 9.80. The van der Waals surface area contributed by atoms with Gasteiger partial charge >= 0.3 is 5.97 Å². The predicted octanol–water partition coefficient (Wildman–Crippen LogP) is 3.37. The van der Waals surface area contributed by atoms with Crippen molar-refractivity contribution in [2.45, 2.75) is 11.8 Å². The second-order valence-electron chi connectivity index (χ2n) is 6.58. The zero-order valence-corrected chi connectivity index (χ0v) is 16.1. The van der Waals surface area contributed by atoms with E-state index in [2.05, 4.69) is 4.98 Å². The van der Waals surface area contributed by atoms with Crippen molar-refractivity contribution in [1.82, 2.24) is 9.55 Å². The quantitative estimate of drug-likeness (QED) is 0.662. The molecule has 150 valence electrons. The number of methoxy groups -OCH3 is 1. The zero-order chi connectivity index (χ0) is 21.0. The molecule has 1 N–H and O–H groups in total. The minimum atomic E-state index is -1.41. The van der Waals surface area contributed by atoms with Crippen LogP contribution < -0.4 is 10.3 Å². The number of carbonyl (C=O) groups is 1. The number of hydrogen-bond donors (Lipinski definition) is 1. The number of benzene rings is 2. The number of nitrogens with zero attached hydrogens (tertiary/aromatic N) is 2. The first kappa shape index (κ1) is 20.3. The number of carboxylic acid groups (broad SMARTS) is 1. The van der Waals surface area contributed by atoms with Crippen LogP contribution in [0.15, 0.2) is 65.5 Å². The lowest BCUT2D eigenvalue weighted by Gasteiger charge is -2.27. The van der Waals surface area contributed by atoms with Crippen LogP contribution in [-0.4, -0.2) is 34.4 Å². The van der Waals surface area contributed by atoms with Crippen LogP contribution in [0.2, 0.25) is 0 Å². The summed E-state index contributed by atoms with van der Waals surface area (Å²) in [5, 5.41) is 9.48. The first-order chi connectivity index (χ1) is 14.0. The average molecular weight is 396 g/mol. The maximum Gasteiger partial charge on any atom is 0.358 e. The average Bonchev–Trinajstić information content (AvgIpc) is 2.75. The van der Waals surface area contributed by atoms with E-state index >= 15 is 0 Å². The van der Waals surface area contributed by atoms with Crippen LogP contribution in [-0.2, 0) is 7.05 Å². The van der Waals surface area contributed by atoms with Crippen molar-refractivity contribution in [2.75, 3.05) is 13.8 Å². The summed E-state index contributed by atoms with van der Waals surface area (Å²) in [6.07, 6.45) is 0. The largest absolute Gasteiger partial charge is 0.489 e. The molecule has 3 rings (SSSR count). The summed E-state index contributed by atoms with van der Waals surface area (Å²) in [7, 11) is 2.64. The first-order valence-electron chi connectivity index (χ1n) is 9.03. The Bertz CT molecular complexity index is 1010. The smallest absolute Gasteiger partial charge is 0.358 e. The molecule has 1 aromatic heterocycles. The lowest BCUT2D eigenvalue weighted by molar-refractivity contribution is 0.0684. The number of aromatic nitrogens is 2. The molecule has 1 heterocycles. The van der Waals surface area contributed by atoms with Crippen LogP contribution in [0.25, 0.3) is 0 Å². The fourth-order valence-electron chi connectivity index (χ4n) is 3.54. The SMILES string of the molecule is COc1c(C(=O)O)nc(C(CF)C(c2ccccc2)c2ccccc2)n(C)c1=O. The molecule has 1 unspecified atom stereocenters. The van der Waals surface area contributed by atoms with Crippen LogP contribution in [0, 0.1) is 0 Å².